The SMILES string of the molecule is Oc1ccc(SCc2coc(-c3ccc(Cl)cc3)n2)cc1. The van der Waals surface area contributed by atoms with Crippen LogP contribution < -0.4 is 0 Å². The van der Waals surface area contributed by atoms with Gasteiger partial charge in [0.15, 0.2) is 0 Å². The normalized spacial score (nSPS) is 10.7. The summed E-state index contributed by atoms with van der Waals surface area (Å²) < 4.78 is 5.49. The van der Waals surface area contributed by atoms with Gasteiger partial charge in [0, 0.05) is 21.2 Å². The maximum atomic E-state index is 9.24. The molecule has 5 heteroatoms. The van der Waals surface area contributed by atoms with Crippen LogP contribution in [0.3, 0.4) is 0 Å². The molecule has 0 saturated carbocycles. The van der Waals surface area contributed by atoms with E-state index in [1.54, 1.807) is 30.2 Å². The Hall–Kier alpha value is -1.91. The highest BCUT2D eigenvalue weighted by Crippen LogP contribution is 2.26. The van der Waals surface area contributed by atoms with Gasteiger partial charge in [0.05, 0.1) is 5.69 Å². The molecule has 0 aliphatic heterocycles. The van der Waals surface area contributed by atoms with E-state index in [-0.39, 0.29) is 5.75 Å². The highest BCUT2D eigenvalue weighted by Gasteiger charge is 2.07. The number of oxazole rings is 1. The van der Waals surface area contributed by atoms with Crippen LogP contribution in [0.5, 0.6) is 5.75 Å². The van der Waals surface area contributed by atoms with Crippen LogP contribution in [0.1, 0.15) is 5.69 Å². The topological polar surface area (TPSA) is 46.3 Å². The van der Waals surface area contributed by atoms with Gasteiger partial charge in [-0.15, -0.1) is 11.8 Å². The second-order valence-corrected chi connectivity index (χ2v) is 5.92. The molecule has 1 heterocycles. The van der Waals surface area contributed by atoms with E-state index in [1.807, 2.05) is 36.4 Å². The molecule has 1 aromatic heterocycles. The van der Waals surface area contributed by atoms with Crippen molar-refractivity contribution in [3.05, 3.63) is 65.5 Å². The van der Waals surface area contributed by atoms with Gasteiger partial charge < -0.3 is 9.52 Å². The van der Waals surface area contributed by atoms with Gasteiger partial charge in [-0.1, -0.05) is 11.6 Å². The fourth-order valence-electron chi connectivity index (χ4n) is 1.80. The first-order valence-corrected chi connectivity index (χ1v) is 7.69. The van der Waals surface area contributed by atoms with Crippen LogP contribution in [0.2, 0.25) is 5.02 Å². The lowest BCUT2D eigenvalue weighted by atomic mass is 10.2. The van der Waals surface area contributed by atoms with E-state index >= 15 is 0 Å². The summed E-state index contributed by atoms with van der Waals surface area (Å²) in [6.45, 7) is 0. The van der Waals surface area contributed by atoms with Crippen LogP contribution in [-0.2, 0) is 5.75 Å². The Bertz CT molecular complexity index is 723. The van der Waals surface area contributed by atoms with E-state index in [1.165, 1.54) is 0 Å². The van der Waals surface area contributed by atoms with Crippen molar-refractivity contribution in [1.82, 2.24) is 4.98 Å². The van der Waals surface area contributed by atoms with Crippen molar-refractivity contribution >= 4 is 23.4 Å². The van der Waals surface area contributed by atoms with E-state index in [2.05, 4.69) is 4.98 Å². The molecule has 0 aliphatic rings. The molecule has 0 saturated heterocycles. The lowest BCUT2D eigenvalue weighted by Gasteiger charge is -1.99. The molecule has 0 aliphatic carbocycles. The molecule has 0 unspecified atom stereocenters. The summed E-state index contributed by atoms with van der Waals surface area (Å²) in [4.78, 5) is 5.54. The molecular formula is C16H12ClNO2S. The van der Waals surface area contributed by atoms with Gasteiger partial charge in [-0.2, -0.15) is 0 Å². The second-order valence-electron chi connectivity index (χ2n) is 4.43. The Labute approximate surface area is 131 Å². The van der Waals surface area contributed by atoms with Crippen LogP contribution in [0.15, 0.2) is 64.1 Å². The fraction of sp³-hybridized carbons (Fsp3) is 0.0625. The monoisotopic (exact) mass is 317 g/mol. The molecule has 0 bridgehead atoms. The fourth-order valence-corrected chi connectivity index (χ4v) is 2.70. The van der Waals surface area contributed by atoms with Crippen molar-refractivity contribution in [2.45, 2.75) is 10.6 Å². The zero-order valence-electron chi connectivity index (χ0n) is 11.0. The molecule has 106 valence electrons. The lowest BCUT2D eigenvalue weighted by Crippen LogP contribution is -1.82. The number of halogens is 1. The summed E-state index contributed by atoms with van der Waals surface area (Å²) in [6.07, 6.45) is 1.66. The zero-order chi connectivity index (χ0) is 14.7. The van der Waals surface area contributed by atoms with E-state index < -0.39 is 0 Å². The zero-order valence-corrected chi connectivity index (χ0v) is 12.6. The van der Waals surface area contributed by atoms with Crippen molar-refractivity contribution in [2.75, 3.05) is 0 Å². The Balaban J connectivity index is 1.67. The summed E-state index contributed by atoms with van der Waals surface area (Å²) in [7, 11) is 0. The molecule has 0 fully saturated rings. The molecule has 0 atom stereocenters. The van der Waals surface area contributed by atoms with Gasteiger partial charge in [-0.3, -0.25) is 0 Å². The molecule has 3 aromatic rings. The summed E-state index contributed by atoms with van der Waals surface area (Å²) in [5.41, 5.74) is 1.78. The first-order valence-electron chi connectivity index (χ1n) is 6.33. The van der Waals surface area contributed by atoms with Gasteiger partial charge >= 0.3 is 0 Å². The minimum Gasteiger partial charge on any atom is -0.508 e. The molecule has 1 N–H and O–H groups in total. The number of aromatic nitrogens is 1. The summed E-state index contributed by atoms with van der Waals surface area (Å²) in [6, 6.07) is 14.5. The first kappa shape index (κ1) is 14.0. The van der Waals surface area contributed by atoms with Crippen molar-refractivity contribution in [2.24, 2.45) is 0 Å². The van der Waals surface area contributed by atoms with Crippen molar-refractivity contribution in [3.8, 4) is 17.2 Å². The summed E-state index contributed by atoms with van der Waals surface area (Å²) in [5, 5.41) is 9.93. The van der Waals surface area contributed by atoms with Gasteiger partial charge in [-0.05, 0) is 48.5 Å². The van der Waals surface area contributed by atoms with E-state index in [0.717, 1.165) is 16.2 Å². The Morgan fingerprint density at radius 1 is 1.05 bits per heavy atom. The number of nitrogens with zero attached hydrogens (tertiary/aromatic N) is 1. The van der Waals surface area contributed by atoms with Crippen molar-refractivity contribution in [3.63, 3.8) is 0 Å². The molecule has 3 nitrogen and oxygen atoms in total. The van der Waals surface area contributed by atoms with Crippen LogP contribution in [0, 0.1) is 0 Å². The Morgan fingerprint density at radius 2 is 1.76 bits per heavy atom. The quantitative estimate of drug-likeness (QED) is 0.688. The lowest BCUT2D eigenvalue weighted by molar-refractivity contribution is 0.475. The highest BCUT2D eigenvalue weighted by molar-refractivity contribution is 7.98. The highest BCUT2D eigenvalue weighted by atomic mass is 35.5. The maximum absolute atomic E-state index is 9.24. The average molecular weight is 318 g/mol. The molecular weight excluding hydrogens is 306 g/mol. The van der Waals surface area contributed by atoms with E-state index in [9.17, 15) is 5.11 Å². The van der Waals surface area contributed by atoms with Crippen LogP contribution in [0.4, 0.5) is 0 Å². The molecule has 0 amide bonds. The van der Waals surface area contributed by atoms with Gasteiger partial charge in [0.25, 0.3) is 0 Å². The third-order valence-corrected chi connectivity index (χ3v) is 4.16. The van der Waals surface area contributed by atoms with Gasteiger partial charge in [0.2, 0.25) is 5.89 Å². The number of hydrogen-bond donors (Lipinski definition) is 1. The number of thioether (sulfide) groups is 1. The minimum absolute atomic E-state index is 0.269. The number of phenolic OH excluding ortho intramolecular Hbond substituents is 1. The van der Waals surface area contributed by atoms with Crippen LogP contribution in [0.25, 0.3) is 11.5 Å². The van der Waals surface area contributed by atoms with Crippen LogP contribution >= 0.6 is 23.4 Å². The second kappa shape index (κ2) is 6.24. The predicted octanol–water partition coefficient (Wildman–Crippen LogP) is 4.99. The molecule has 0 spiro atoms. The first-order chi connectivity index (χ1) is 10.2. The number of rotatable bonds is 4. The van der Waals surface area contributed by atoms with Crippen LogP contribution in [-0.4, -0.2) is 10.1 Å². The molecule has 21 heavy (non-hydrogen) atoms. The van der Waals surface area contributed by atoms with Crippen molar-refractivity contribution < 1.29 is 9.52 Å². The third kappa shape index (κ3) is 3.60. The number of benzene rings is 2. The molecule has 0 radical (unpaired) electrons. The molecule has 3 rings (SSSR count). The smallest absolute Gasteiger partial charge is 0.226 e. The van der Waals surface area contributed by atoms with Gasteiger partial charge in [0.1, 0.15) is 12.0 Å². The maximum Gasteiger partial charge on any atom is 0.226 e. The average Bonchev–Trinajstić information content (AvgIpc) is 2.96. The number of hydrogen-bond acceptors (Lipinski definition) is 4. The summed E-state index contributed by atoms with van der Waals surface area (Å²) >= 11 is 7.50. The third-order valence-electron chi connectivity index (χ3n) is 2.87. The van der Waals surface area contributed by atoms with Gasteiger partial charge in [-0.25, -0.2) is 4.98 Å². The predicted molar refractivity (Wildman–Crippen MR) is 84.6 cm³/mol. The van der Waals surface area contributed by atoms with Crippen molar-refractivity contribution in [1.29, 1.82) is 0 Å². The van der Waals surface area contributed by atoms with E-state index in [0.29, 0.717) is 16.7 Å². The largest absolute Gasteiger partial charge is 0.508 e. The van der Waals surface area contributed by atoms with E-state index in [4.69, 9.17) is 16.0 Å². The summed E-state index contributed by atoms with van der Waals surface area (Å²) in [5.74, 6) is 1.57. The molecule has 2 aromatic carbocycles. The Morgan fingerprint density at radius 3 is 2.48 bits per heavy atom. The minimum atomic E-state index is 0.269. The standard InChI is InChI=1S/C16H12ClNO2S/c17-12-3-1-11(2-4-12)16-18-13(9-20-16)10-21-15-7-5-14(19)6-8-15/h1-9,19H,10H2. The Kier molecular flexibility index (Phi) is 4.18. The number of aromatic hydroxyl groups is 1. The number of phenols is 1.